The van der Waals surface area contributed by atoms with Crippen LogP contribution in [0, 0.1) is 5.92 Å². The van der Waals surface area contributed by atoms with Crippen molar-refractivity contribution < 1.29 is 23.1 Å². The van der Waals surface area contributed by atoms with Crippen molar-refractivity contribution in [3.63, 3.8) is 0 Å². The molecule has 0 aliphatic heterocycles. The van der Waals surface area contributed by atoms with Crippen molar-refractivity contribution in [1.82, 2.24) is 4.98 Å². The number of aromatic amines is 1. The Labute approximate surface area is 107 Å². The molecule has 6 heteroatoms. The fraction of sp³-hybridized carbons (Fsp3) is 0.308. The van der Waals surface area contributed by atoms with Gasteiger partial charge in [-0.2, -0.15) is 13.2 Å². The van der Waals surface area contributed by atoms with Gasteiger partial charge >= 0.3 is 12.1 Å². The van der Waals surface area contributed by atoms with E-state index < -0.39 is 23.6 Å². The Bertz CT molecular complexity index is 616. The van der Waals surface area contributed by atoms with Gasteiger partial charge in [0.15, 0.2) is 0 Å². The Morgan fingerprint density at radius 3 is 2.68 bits per heavy atom. The molecule has 1 heterocycles. The molecule has 0 saturated heterocycles. The van der Waals surface area contributed by atoms with Gasteiger partial charge in [-0.05, 0) is 30.2 Å². The SMILES string of the molecule is CC(Cc1c[nH]c2ccc(C(F)(F)F)cc12)C(=O)O. The lowest BCUT2D eigenvalue weighted by molar-refractivity contribution is -0.141. The predicted octanol–water partition coefficient (Wildman–Crippen LogP) is 3.45. The minimum Gasteiger partial charge on any atom is -0.481 e. The predicted molar refractivity (Wildman–Crippen MR) is 63.8 cm³/mol. The van der Waals surface area contributed by atoms with E-state index in [1.165, 1.54) is 13.0 Å². The highest BCUT2D eigenvalue weighted by molar-refractivity contribution is 5.84. The number of aliphatic carboxylic acids is 1. The third-order valence-electron chi connectivity index (χ3n) is 3.04. The van der Waals surface area contributed by atoms with Crippen LogP contribution in [0.25, 0.3) is 10.9 Å². The lowest BCUT2D eigenvalue weighted by atomic mass is 10.00. The topological polar surface area (TPSA) is 53.1 Å². The van der Waals surface area contributed by atoms with E-state index in [0.717, 1.165) is 12.1 Å². The van der Waals surface area contributed by atoms with Crippen LogP contribution in [0.15, 0.2) is 24.4 Å². The number of rotatable bonds is 3. The number of hydrogen-bond donors (Lipinski definition) is 2. The summed E-state index contributed by atoms with van der Waals surface area (Å²) in [5.74, 6) is -1.62. The highest BCUT2D eigenvalue weighted by Crippen LogP contribution is 2.32. The van der Waals surface area contributed by atoms with Gasteiger partial charge in [0.1, 0.15) is 0 Å². The van der Waals surface area contributed by atoms with Crippen LogP contribution in [0.2, 0.25) is 0 Å². The van der Waals surface area contributed by atoms with Gasteiger partial charge in [0.2, 0.25) is 0 Å². The van der Waals surface area contributed by atoms with Gasteiger partial charge < -0.3 is 10.1 Å². The van der Waals surface area contributed by atoms with Crippen LogP contribution in [-0.4, -0.2) is 16.1 Å². The minimum absolute atomic E-state index is 0.191. The third-order valence-corrected chi connectivity index (χ3v) is 3.04. The van der Waals surface area contributed by atoms with E-state index in [9.17, 15) is 18.0 Å². The van der Waals surface area contributed by atoms with Gasteiger partial charge in [-0.15, -0.1) is 0 Å². The summed E-state index contributed by atoms with van der Waals surface area (Å²) in [4.78, 5) is 13.6. The van der Waals surface area contributed by atoms with Crippen molar-refractivity contribution in [1.29, 1.82) is 0 Å². The molecule has 0 radical (unpaired) electrons. The molecule has 2 N–H and O–H groups in total. The molecule has 0 amide bonds. The molecule has 0 aliphatic carbocycles. The molecule has 1 unspecified atom stereocenters. The monoisotopic (exact) mass is 271 g/mol. The summed E-state index contributed by atoms with van der Waals surface area (Å²) in [7, 11) is 0. The number of carbonyl (C=O) groups is 1. The second kappa shape index (κ2) is 4.60. The van der Waals surface area contributed by atoms with Crippen molar-refractivity contribution >= 4 is 16.9 Å². The van der Waals surface area contributed by atoms with E-state index in [1.807, 2.05) is 0 Å². The van der Waals surface area contributed by atoms with Gasteiger partial charge in [0.05, 0.1) is 11.5 Å². The first-order chi connectivity index (χ1) is 8.79. The van der Waals surface area contributed by atoms with Crippen LogP contribution in [0.4, 0.5) is 13.2 Å². The molecule has 0 spiro atoms. The van der Waals surface area contributed by atoms with E-state index in [4.69, 9.17) is 5.11 Å². The first kappa shape index (κ1) is 13.5. The fourth-order valence-corrected chi connectivity index (χ4v) is 1.94. The Hall–Kier alpha value is -1.98. The third kappa shape index (κ3) is 2.72. The van der Waals surface area contributed by atoms with Gasteiger partial charge in [-0.25, -0.2) is 0 Å². The number of alkyl halides is 3. The van der Waals surface area contributed by atoms with Crippen LogP contribution < -0.4 is 0 Å². The number of H-pyrrole nitrogens is 1. The molecule has 102 valence electrons. The molecule has 1 atom stereocenters. The normalized spacial score (nSPS) is 13.7. The summed E-state index contributed by atoms with van der Waals surface area (Å²) in [5.41, 5.74) is 0.417. The molecule has 1 aromatic heterocycles. The van der Waals surface area contributed by atoms with Gasteiger partial charge in [0, 0.05) is 17.1 Å². The van der Waals surface area contributed by atoms with Gasteiger partial charge in [-0.3, -0.25) is 4.79 Å². The molecular weight excluding hydrogens is 259 g/mol. The molecule has 2 rings (SSSR count). The highest BCUT2D eigenvalue weighted by atomic mass is 19.4. The zero-order chi connectivity index (χ0) is 14.2. The van der Waals surface area contributed by atoms with E-state index in [-0.39, 0.29) is 6.42 Å². The molecular formula is C13H12F3NO2. The zero-order valence-electron chi connectivity index (χ0n) is 10.1. The molecule has 19 heavy (non-hydrogen) atoms. The molecule has 3 nitrogen and oxygen atoms in total. The van der Waals surface area contributed by atoms with Crippen molar-refractivity contribution in [3.8, 4) is 0 Å². The molecule has 1 aromatic carbocycles. The van der Waals surface area contributed by atoms with Crippen molar-refractivity contribution in [2.45, 2.75) is 19.5 Å². The molecule has 0 saturated carbocycles. The number of carboxylic acids is 1. The molecule has 0 fully saturated rings. The number of aromatic nitrogens is 1. The summed E-state index contributed by atoms with van der Waals surface area (Å²) in [6, 6.07) is 3.41. The molecule has 0 bridgehead atoms. The van der Waals surface area contributed by atoms with Crippen LogP contribution in [0.3, 0.4) is 0 Å². The van der Waals surface area contributed by atoms with E-state index >= 15 is 0 Å². The Kier molecular flexibility index (Phi) is 3.26. The average molecular weight is 271 g/mol. The summed E-state index contributed by atoms with van der Waals surface area (Å²) >= 11 is 0. The summed E-state index contributed by atoms with van der Waals surface area (Å²) in [5, 5.41) is 9.27. The lowest BCUT2D eigenvalue weighted by Crippen LogP contribution is -2.12. The van der Waals surface area contributed by atoms with Crippen LogP contribution in [-0.2, 0) is 17.4 Å². The molecule has 2 aromatic rings. The number of fused-ring (bicyclic) bond motifs is 1. The Morgan fingerprint density at radius 2 is 2.11 bits per heavy atom. The summed E-state index contributed by atoms with van der Waals surface area (Å²) in [6.07, 6.45) is -2.65. The van der Waals surface area contributed by atoms with Gasteiger partial charge in [-0.1, -0.05) is 6.92 Å². The number of benzene rings is 1. The van der Waals surface area contributed by atoms with Crippen LogP contribution in [0.1, 0.15) is 18.1 Å². The number of hydrogen-bond acceptors (Lipinski definition) is 1. The maximum Gasteiger partial charge on any atom is 0.416 e. The second-order valence-corrected chi connectivity index (χ2v) is 4.52. The fourth-order valence-electron chi connectivity index (χ4n) is 1.94. The minimum atomic E-state index is -4.40. The van der Waals surface area contributed by atoms with Gasteiger partial charge in [0.25, 0.3) is 0 Å². The van der Waals surface area contributed by atoms with E-state index in [0.29, 0.717) is 16.5 Å². The van der Waals surface area contributed by atoms with Crippen molar-refractivity contribution in [2.24, 2.45) is 5.92 Å². The average Bonchev–Trinajstić information content (AvgIpc) is 2.70. The smallest absolute Gasteiger partial charge is 0.416 e. The first-order valence-corrected chi connectivity index (χ1v) is 5.69. The standard InChI is InChI=1S/C13H12F3NO2/c1-7(12(18)19)4-8-6-17-11-3-2-9(5-10(8)11)13(14,15)16/h2-3,5-7,17H,4H2,1H3,(H,18,19). The first-order valence-electron chi connectivity index (χ1n) is 5.69. The summed E-state index contributed by atoms with van der Waals surface area (Å²) < 4.78 is 37.9. The number of nitrogens with one attached hydrogen (secondary N) is 1. The van der Waals surface area contributed by atoms with E-state index in [1.54, 1.807) is 6.20 Å². The Balaban J connectivity index is 2.43. The van der Waals surface area contributed by atoms with Crippen LogP contribution in [0.5, 0.6) is 0 Å². The maximum absolute atomic E-state index is 12.6. The lowest BCUT2D eigenvalue weighted by Gasteiger charge is -2.08. The summed E-state index contributed by atoms with van der Waals surface area (Å²) in [6.45, 7) is 1.52. The largest absolute Gasteiger partial charge is 0.481 e. The molecule has 0 aliphatic rings. The maximum atomic E-state index is 12.6. The number of carboxylic acid groups (broad SMARTS) is 1. The van der Waals surface area contributed by atoms with E-state index in [2.05, 4.69) is 4.98 Å². The van der Waals surface area contributed by atoms with Crippen LogP contribution >= 0.6 is 0 Å². The Morgan fingerprint density at radius 1 is 1.42 bits per heavy atom. The van der Waals surface area contributed by atoms with Crippen molar-refractivity contribution in [2.75, 3.05) is 0 Å². The number of halogens is 3. The second-order valence-electron chi connectivity index (χ2n) is 4.52. The quantitative estimate of drug-likeness (QED) is 0.898. The highest BCUT2D eigenvalue weighted by Gasteiger charge is 2.30. The zero-order valence-corrected chi connectivity index (χ0v) is 10.1. The van der Waals surface area contributed by atoms with Crippen molar-refractivity contribution in [3.05, 3.63) is 35.5 Å².